The monoisotopic (exact) mass is 470 g/mol. The van der Waals surface area contributed by atoms with Crippen LogP contribution in [-0.2, 0) is 6.54 Å². The van der Waals surface area contributed by atoms with Crippen molar-refractivity contribution in [2.75, 3.05) is 32.8 Å². The number of ether oxygens (including phenoxy) is 1. The molecule has 8 nitrogen and oxygen atoms in total. The van der Waals surface area contributed by atoms with Crippen molar-refractivity contribution in [3.05, 3.63) is 64.4 Å². The summed E-state index contributed by atoms with van der Waals surface area (Å²) in [4.78, 5) is 16.9. The third-order valence-corrected chi connectivity index (χ3v) is 5.75. The van der Waals surface area contributed by atoms with E-state index in [-0.39, 0.29) is 5.91 Å². The SMILES string of the molecule is CCOc1ccc(-n2nnnc2CN2CCN(C(=O)c3ccccc3Br)CC2)cc1. The molecule has 0 bridgehead atoms. The molecule has 1 fully saturated rings. The van der Waals surface area contributed by atoms with E-state index in [0.29, 0.717) is 31.8 Å². The summed E-state index contributed by atoms with van der Waals surface area (Å²) in [5, 5.41) is 12.2. The van der Waals surface area contributed by atoms with Gasteiger partial charge in [0, 0.05) is 30.7 Å². The summed E-state index contributed by atoms with van der Waals surface area (Å²) < 4.78 is 8.06. The highest BCUT2D eigenvalue weighted by Gasteiger charge is 2.24. The summed E-state index contributed by atoms with van der Waals surface area (Å²) in [6.45, 7) is 6.09. The number of halogens is 1. The lowest BCUT2D eigenvalue weighted by Gasteiger charge is -2.34. The Balaban J connectivity index is 1.38. The van der Waals surface area contributed by atoms with Crippen molar-refractivity contribution in [1.82, 2.24) is 30.0 Å². The zero-order chi connectivity index (χ0) is 20.9. The van der Waals surface area contributed by atoms with Crippen LogP contribution in [0.1, 0.15) is 23.1 Å². The summed E-state index contributed by atoms with van der Waals surface area (Å²) >= 11 is 3.47. The number of rotatable bonds is 6. The molecule has 1 aliphatic heterocycles. The van der Waals surface area contributed by atoms with Crippen molar-refractivity contribution in [2.45, 2.75) is 13.5 Å². The Morgan fingerprint density at radius 1 is 1.07 bits per heavy atom. The molecule has 0 saturated carbocycles. The highest BCUT2D eigenvalue weighted by atomic mass is 79.9. The van der Waals surface area contributed by atoms with Crippen LogP contribution in [0.4, 0.5) is 0 Å². The van der Waals surface area contributed by atoms with Crippen LogP contribution in [0.5, 0.6) is 5.75 Å². The molecule has 0 N–H and O–H groups in total. The molecule has 0 spiro atoms. The molecule has 1 amide bonds. The van der Waals surface area contributed by atoms with Crippen molar-refractivity contribution in [3.8, 4) is 11.4 Å². The number of piperazine rings is 1. The van der Waals surface area contributed by atoms with Gasteiger partial charge in [-0.3, -0.25) is 9.69 Å². The summed E-state index contributed by atoms with van der Waals surface area (Å²) in [5.74, 6) is 1.65. The predicted molar refractivity (Wildman–Crippen MR) is 116 cm³/mol. The van der Waals surface area contributed by atoms with Gasteiger partial charge in [-0.15, -0.1) is 5.10 Å². The van der Waals surface area contributed by atoms with E-state index in [4.69, 9.17) is 4.74 Å². The Morgan fingerprint density at radius 3 is 2.50 bits per heavy atom. The van der Waals surface area contributed by atoms with Crippen molar-refractivity contribution in [2.24, 2.45) is 0 Å². The van der Waals surface area contributed by atoms with E-state index in [0.717, 1.165) is 34.8 Å². The molecule has 30 heavy (non-hydrogen) atoms. The van der Waals surface area contributed by atoms with E-state index in [2.05, 4.69) is 36.4 Å². The van der Waals surface area contributed by atoms with Gasteiger partial charge in [0.2, 0.25) is 0 Å². The number of aromatic nitrogens is 4. The summed E-state index contributed by atoms with van der Waals surface area (Å²) in [6.07, 6.45) is 0. The highest BCUT2D eigenvalue weighted by molar-refractivity contribution is 9.10. The number of carbonyl (C=O) groups is 1. The van der Waals surface area contributed by atoms with Crippen LogP contribution in [0.2, 0.25) is 0 Å². The Labute approximate surface area is 183 Å². The van der Waals surface area contributed by atoms with E-state index in [9.17, 15) is 4.79 Å². The quantitative estimate of drug-likeness (QED) is 0.551. The number of benzene rings is 2. The Kier molecular flexibility index (Phi) is 6.39. The minimum atomic E-state index is 0.0568. The molecule has 0 aliphatic carbocycles. The minimum absolute atomic E-state index is 0.0568. The maximum absolute atomic E-state index is 12.8. The summed E-state index contributed by atoms with van der Waals surface area (Å²) in [7, 11) is 0. The molecule has 1 aliphatic rings. The van der Waals surface area contributed by atoms with E-state index >= 15 is 0 Å². The molecule has 0 radical (unpaired) electrons. The zero-order valence-corrected chi connectivity index (χ0v) is 18.3. The van der Waals surface area contributed by atoms with Crippen molar-refractivity contribution < 1.29 is 9.53 Å². The van der Waals surface area contributed by atoms with Crippen LogP contribution < -0.4 is 4.74 Å². The van der Waals surface area contributed by atoms with Crippen LogP contribution >= 0.6 is 15.9 Å². The fraction of sp³-hybridized carbons (Fsp3) is 0.333. The number of hydrogen-bond donors (Lipinski definition) is 0. The highest BCUT2D eigenvalue weighted by Crippen LogP contribution is 2.20. The largest absolute Gasteiger partial charge is 0.494 e. The van der Waals surface area contributed by atoms with Gasteiger partial charge >= 0.3 is 0 Å². The van der Waals surface area contributed by atoms with E-state index in [1.807, 2.05) is 60.4 Å². The van der Waals surface area contributed by atoms with Crippen LogP contribution in [0.25, 0.3) is 5.69 Å². The first-order valence-electron chi connectivity index (χ1n) is 9.92. The molecular weight excluding hydrogens is 448 g/mol. The van der Waals surface area contributed by atoms with Crippen LogP contribution in [-0.4, -0.2) is 68.7 Å². The standard InChI is InChI=1S/C21H23BrN6O2/c1-2-30-17-9-7-16(8-10-17)28-20(23-24-25-28)15-26-11-13-27(14-12-26)21(29)18-5-3-4-6-19(18)22/h3-10H,2,11-15H2,1H3. The lowest BCUT2D eigenvalue weighted by Crippen LogP contribution is -2.48. The maximum atomic E-state index is 12.8. The molecule has 1 aromatic heterocycles. The predicted octanol–water partition coefficient (Wildman–Crippen LogP) is 2.78. The molecule has 0 atom stereocenters. The Bertz CT molecular complexity index is 999. The molecule has 2 heterocycles. The smallest absolute Gasteiger partial charge is 0.255 e. The Hall–Kier alpha value is -2.78. The van der Waals surface area contributed by atoms with Crippen molar-refractivity contribution >= 4 is 21.8 Å². The molecular formula is C21H23BrN6O2. The topological polar surface area (TPSA) is 76.4 Å². The van der Waals surface area contributed by atoms with Gasteiger partial charge in [0.25, 0.3) is 5.91 Å². The van der Waals surface area contributed by atoms with Gasteiger partial charge in [0.05, 0.1) is 24.4 Å². The number of amides is 1. The maximum Gasteiger partial charge on any atom is 0.255 e. The normalized spacial score (nSPS) is 14.7. The number of hydrogen-bond acceptors (Lipinski definition) is 6. The molecule has 3 aromatic rings. The fourth-order valence-electron chi connectivity index (χ4n) is 3.47. The molecule has 2 aromatic carbocycles. The Morgan fingerprint density at radius 2 is 1.80 bits per heavy atom. The van der Waals surface area contributed by atoms with Gasteiger partial charge in [0.15, 0.2) is 5.82 Å². The second-order valence-electron chi connectivity index (χ2n) is 6.98. The molecule has 156 valence electrons. The first kappa shape index (κ1) is 20.5. The first-order chi connectivity index (χ1) is 14.7. The van der Waals surface area contributed by atoms with Gasteiger partial charge in [-0.1, -0.05) is 12.1 Å². The average Bonchev–Trinajstić information content (AvgIpc) is 3.23. The van der Waals surface area contributed by atoms with E-state index in [1.165, 1.54) is 0 Å². The lowest BCUT2D eigenvalue weighted by atomic mass is 10.2. The average molecular weight is 471 g/mol. The van der Waals surface area contributed by atoms with Crippen molar-refractivity contribution in [3.63, 3.8) is 0 Å². The second kappa shape index (κ2) is 9.36. The van der Waals surface area contributed by atoms with Gasteiger partial charge in [-0.2, -0.15) is 4.68 Å². The summed E-state index contributed by atoms with van der Waals surface area (Å²) in [5.41, 5.74) is 1.59. The second-order valence-corrected chi connectivity index (χ2v) is 7.84. The molecule has 1 saturated heterocycles. The van der Waals surface area contributed by atoms with Crippen LogP contribution in [0.3, 0.4) is 0 Å². The molecule has 4 rings (SSSR count). The van der Waals surface area contributed by atoms with Crippen LogP contribution in [0.15, 0.2) is 53.0 Å². The third kappa shape index (κ3) is 4.52. The number of tetrazole rings is 1. The van der Waals surface area contributed by atoms with E-state index in [1.54, 1.807) is 4.68 Å². The lowest BCUT2D eigenvalue weighted by molar-refractivity contribution is 0.0623. The van der Waals surface area contributed by atoms with Gasteiger partial charge < -0.3 is 9.64 Å². The zero-order valence-electron chi connectivity index (χ0n) is 16.7. The summed E-state index contributed by atoms with van der Waals surface area (Å²) in [6, 6.07) is 15.3. The molecule has 9 heteroatoms. The number of nitrogens with zero attached hydrogens (tertiary/aromatic N) is 6. The number of carbonyl (C=O) groups excluding carboxylic acids is 1. The van der Waals surface area contributed by atoms with E-state index < -0.39 is 0 Å². The minimum Gasteiger partial charge on any atom is -0.494 e. The van der Waals surface area contributed by atoms with Gasteiger partial charge in [-0.25, -0.2) is 0 Å². The van der Waals surface area contributed by atoms with Gasteiger partial charge in [0.1, 0.15) is 5.75 Å². The van der Waals surface area contributed by atoms with Crippen molar-refractivity contribution in [1.29, 1.82) is 0 Å². The first-order valence-corrected chi connectivity index (χ1v) is 10.7. The third-order valence-electron chi connectivity index (χ3n) is 5.06. The molecule has 0 unspecified atom stereocenters. The fourth-order valence-corrected chi connectivity index (χ4v) is 3.92. The van der Waals surface area contributed by atoms with Crippen LogP contribution in [0, 0.1) is 0 Å². The van der Waals surface area contributed by atoms with Gasteiger partial charge in [-0.05, 0) is 69.7 Å².